The van der Waals surface area contributed by atoms with Gasteiger partial charge in [-0.25, -0.2) is 0 Å². The van der Waals surface area contributed by atoms with Crippen LogP contribution in [0.4, 0.5) is 0 Å². The van der Waals surface area contributed by atoms with Gasteiger partial charge in [-0.2, -0.15) is 5.26 Å². The molecule has 3 rings (SSSR count). The van der Waals surface area contributed by atoms with Crippen LogP contribution in [0.25, 0.3) is 11.6 Å². The van der Waals surface area contributed by atoms with E-state index in [1.807, 2.05) is 73.7 Å². The molecule has 3 aromatic rings. The van der Waals surface area contributed by atoms with Crippen molar-refractivity contribution in [1.29, 1.82) is 5.26 Å². The van der Waals surface area contributed by atoms with E-state index in [1.54, 1.807) is 6.07 Å². The lowest BCUT2D eigenvalue weighted by Crippen LogP contribution is -1.96. The molecule has 0 spiro atoms. The second kappa shape index (κ2) is 8.77. The van der Waals surface area contributed by atoms with Crippen LogP contribution in [0.5, 0.6) is 5.75 Å². The van der Waals surface area contributed by atoms with E-state index in [0.717, 1.165) is 22.3 Å². The molecule has 0 bridgehead atoms. The fraction of sp³-hybridized carbons (Fsp3) is 0.0870. The molecule has 2 nitrogen and oxygen atoms in total. The Bertz CT molecular complexity index is 1000. The normalized spacial score (nSPS) is 11.1. The van der Waals surface area contributed by atoms with Gasteiger partial charge in [0.05, 0.1) is 16.7 Å². The standard InChI is InChI=1S/C23H17Cl2NO/c1-16-2-7-19(8-3-16)20(14-26)12-18-6-11-23(22(25)13-18)27-15-17-4-9-21(24)10-5-17/h2-13H,15H2,1H3/b20-12+. The van der Waals surface area contributed by atoms with Crippen molar-refractivity contribution in [3.05, 3.63) is 99.0 Å². The van der Waals surface area contributed by atoms with Gasteiger partial charge in [0.2, 0.25) is 0 Å². The van der Waals surface area contributed by atoms with Gasteiger partial charge < -0.3 is 4.74 Å². The van der Waals surface area contributed by atoms with Gasteiger partial charge in [0.1, 0.15) is 12.4 Å². The lowest BCUT2D eigenvalue weighted by atomic mass is 10.0. The largest absolute Gasteiger partial charge is 0.487 e. The molecule has 0 amide bonds. The molecule has 0 aliphatic rings. The first-order chi connectivity index (χ1) is 13.0. The number of hydrogen-bond donors (Lipinski definition) is 0. The van der Waals surface area contributed by atoms with Crippen LogP contribution in [0.15, 0.2) is 66.7 Å². The predicted molar refractivity (Wildman–Crippen MR) is 112 cm³/mol. The molecular formula is C23H17Cl2NO. The van der Waals surface area contributed by atoms with Crippen LogP contribution in [0.1, 0.15) is 22.3 Å². The summed E-state index contributed by atoms with van der Waals surface area (Å²) in [4.78, 5) is 0. The predicted octanol–water partition coefficient (Wildman–Crippen LogP) is 6.95. The lowest BCUT2D eigenvalue weighted by Gasteiger charge is -2.09. The highest BCUT2D eigenvalue weighted by atomic mass is 35.5. The summed E-state index contributed by atoms with van der Waals surface area (Å²) in [6, 6.07) is 23.1. The first kappa shape index (κ1) is 19.0. The van der Waals surface area contributed by atoms with Crippen LogP contribution >= 0.6 is 23.2 Å². The molecule has 0 radical (unpaired) electrons. The van der Waals surface area contributed by atoms with Crippen LogP contribution in [0, 0.1) is 18.3 Å². The van der Waals surface area contributed by atoms with E-state index in [4.69, 9.17) is 27.9 Å². The highest BCUT2D eigenvalue weighted by Crippen LogP contribution is 2.28. The number of hydrogen-bond acceptors (Lipinski definition) is 2. The van der Waals surface area contributed by atoms with Gasteiger partial charge in [-0.15, -0.1) is 0 Å². The summed E-state index contributed by atoms with van der Waals surface area (Å²) in [7, 11) is 0. The smallest absolute Gasteiger partial charge is 0.138 e. The number of aryl methyl sites for hydroxylation is 1. The second-order valence-corrected chi connectivity index (χ2v) is 6.98. The Morgan fingerprint density at radius 2 is 1.70 bits per heavy atom. The van der Waals surface area contributed by atoms with Crippen molar-refractivity contribution in [2.45, 2.75) is 13.5 Å². The quantitative estimate of drug-likeness (QED) is 0.347. The van der Waals surface area contributed by atoms with Crippen molar-refractivity contribution in [1.82, 2.24) is 0 Å². The molecule has 3 aromatic carbocycles. The maximum absolute atomic E-state index is 9.48. The van der Waals surface area contributed by atoms with Crippen molar-refractivity contribution < 1.29 is 4.74 Å². The summed E-state index contributed by atoms with van der Waals surface area (Å²) in [6.07, 6.45) is 1.82. The minimum absolute atomic E-state index is 0.402. The Hall–Kier alpha value is -2.73. The highest BCUT2D eigenvalue weighted by molar-refractivity contribution is 6.32. The summed E-state index contributed by atoms with van der Waals surface area (Å²) in [5.41, 5.74) is 4.46. The highest BCUT2D eigenvalue weighted by Gasteiger charge is 2.06. The van der Waals surface area contributed by atoms with Gasteiger partial charge in [0.25, 0.3) is 0 Å². The number of benzene rings is 3. The summed E-state index contributed by atoms with van der Waals surface area (Å²) < 4.78 is 5.79. The van der Waals surface area contributed by atoms with Gasteiger partial charge in [-0.1, -0.05) is 71.2 Å². The number of ether oxygens (including phenoxy) is 1. The first-order valence-electron chi connectivity index (χ1n) is 8.41. The van der Waals surface area contributed by atoms with Crippen LogP contribution in [0.3, 0.4) is 0 Å². The Balaban J connectivity index is 1.76. The monoisotopic (exact) mass is 393 g/mol. The van der Waals surface area contributed by atoms with E-state index in [1.165, 1.54) is 0 Å². The van der Waals surface area contributed by atoms with Crippen molar-refractivity contribution in [3.8, 4) is 11.8 Å². The molecule has 0 N–H and O–H groups in total. The Morgan fingerprint density at radius 1 is 1.00 bits per heavy atom. The third-order valence-electron chi connectivity index (χ3n) is 4.06. The molecule has 27 heavy (non-hydrogen) atoms. The zero-order valence-corrected chi connectivity index (χ0v) is 16.3. The third kappa shape index (κ3) is 5.14. The fourth-order valence-electron chi connectivity index (χ4n) is 2.55. The average Bonchev–Trinajstić information content (AvgIpc) is 2.67. The maximum Gasteiger partial charge on any atom is 0.138 e. The van der Waals surface area contributed by atoms with Gasteiger partial charge in [-0.05, 0) is 54.0 Å². The SMILES string of the molecule is Cc1ccc(/C(C#N)=C/c2ccc(OCc3ccc(Cl)cc3)c(Cl)c2)cc1. The van der Waals surface area contributed by atoms with E-state index in [0.29, 0.717) is 28.0 Å². The summed E-state index contributed by atoms with van der Waals surface area (Å²) in [5.74, 6) is 0.595. The molecular weight excluding hydrogens is 377 g/mol. The molecule has 0 aliphatic heterocycles. The Labute approximate surface area is 169 Å². The number of allylic oxidation sites excluding steroid dienone is 1. The van der Waals surface area contributed by atoms with E-state index in [-0.39, 0.29) is 0 Å². The van der Waals surface area contributed by atoms with Crippen molar-refractivity contribution >= 4 is 34.9 Å². The van der Waals surface area contributed by atoms with Gasteiger partial charge in [0, 0.05) is 5.02 Å². The van der Waals surface area contributed by atoms with Crippen LogP contribution in [-0.4, -0.2) is 0 Å². The van der Waals surface area contributed by atoms with Gasteiger partial charge >= 0.3 is 0 Å². The van der Waals surface area contributed by atoms with Gasteiger partial charge in [0.15, 0.2) is 0 Å². The number of nitriles is 1. The third-order valence-corrected chi connectivity index (χ3v) is 4.60. The van der Waals surface area contributed by atoms with Crippen molar-refractivity contribution in [2.24, 2.45) is 0 Å². The molecule has 0 saturated heterocycles. The minimum Gasteiger partial charge on any atom is -0.487 e. The van der Waals surface area contributed by atoms with E-state index in [2.05, 4.69) is 6.07 Å². The zero-order chi connectivity index (χ0) is 19.2. The molecule has 0 saturated carbocycles. The van der Waals surface area contributed by atoms with Crippen molar-refractivity contribution in [2.75, 3.05) is 0 Å². The van der Waals surface area contributed by atoms with E-state index in [9.17, 15) is 5.26 Å². The molecule has 4 heteroatoms. The minimum atomic E-state index is 0.402. The molecule has 0 fully saturated rings. The Morgan fingerprint density at radius 3 is 2.33 bits per heavy atom. The Kier molecular flexibility index (Phi) is 6.19. The molecule has 0 unspecified atom stereocenters. The fourth-order valence-corrected chi connectivity index (χ4v) is 2.92. The second-order valence-electron chi connectivity index (χ2n) is 6.14. The molecule has 0 atom stereocenters. The summed E-state index contributed by atoms with van der Waals surface area (Å²) >= 11 is 12.2. The molecule has 0 aliphatic carbocycles. The van der Waals surface area contributed by atoms with Crippen LogP contribution in [0.2, 0.25) is 10.0 Å². The van der Waals surface area contributed by atoms with Crippen molar-refractivity contribution in [3.63, 3.8) is 0 Å². The topological polar surface area (TPSA) is 33.0 Å². The lowest BCUT2D eigenvalue weighted by molar-refractivity contribution is 0.306. The zero-order valence-electron chi connectivity index (χ0n) is 14.7. The number of rotatable bonds is 5. The molecule has 0 aromatic heterocycles. The van der Waals surface area contributed by atoms with Gasteiger partial charge in [-0.3, -0.25) is 0 Å². The van der Waals surface area contributed by atoms with E-state index < -0.39 is 0 Å². The first-order valence-corrected chi connectivity index (χ1v) is 9.16. The average molecular weight is 394 g/mol. The van der Waals surface area contributed by atoms with Crippen LogP contribution < -0.4 is 4.74 Å². The maximum atomic E-state index is 9.48. The number of nitrogens with zero attached hydrogens (tertiary/aromatic N) is 1. The summed E-state index contributed by atoms with van der Waals surface area (Å²) in [6.45, 7) is 2.42. The van der Waals surface area contributed by atoms with E-state index >= 15 is 0 Å². The number of halogens is 2. The van der Waals surface area contributed by atoms with Crippen LogP contribution in [-0.2, 0) is 6.61 Å². The summed E-state index contributed by atoms with van der Waals surface area (Å²) in [5, 5.41) is 10.7. The molecule has 134 valence electrons. The molecule has 0 heterocycles.